The molecule has 0 fully saturated rings. The number of nitrogens with two attached hydrogens (primary N) is 1. The van der Waals surface area contributed by atoms with Crippen molar-refractivity contribution >= 4 is 11.6 Å². The van der Waals surface area contributed by atoms with E-state index < -0.39 is 0 Å². The predicted molar refractivity (Wildman–Crippen MR) is 79.7 cm³/mol. The van der Waals surface area contributed by atoms with Crippen molar-refractivity contribution in [1.29, 1.82) is 0 Å². The lowest BCUT2D eigenvalue weighted by atomic mass is 10.1. The first-order valence-corrected chi connectivity index (χ1v) is 6.58. The van der Waals surface area contributed by atoms with E-state index in [2.05, 4.69) is 0 Å². The van der Waals surface area contributed by atoms with E-state index in [-0.39, 0.29) is 13.2 Å². The maximum Gasteiger partial charge on any atom is 0.203 e. The number of benzene rings is 1. The van der Waals surface area contributed by atoms with E-state index >= 15 is 0 Å². The van der Waals surface area contributed by atoms with Crippen LogP contribution in [0.5, 0.6) is 0 Å². The first-order chi connectivity index (χ1) is 9.65. The Morgan fingerprint density at radius 3 is 2.25 bits per heavy atom. The van der Waals surface area contributed by atoms with Crippen LogP contribution in [0.4, 0.5) is 11.6 Å². The van der Waals surface area contributed by atoms with Gasteiger partial charge in [0.2, 0.25) is 5.88 Å². The lowest BCUT2D eigenvalue weighted by Crippen LogP contribution is -2.29. The first kappa shape index (κ1) is 14.4. The molecule has 4 N–H and O–H groups in total. The molecule has 5 nitrogen and oxygen atoms in total. The fraction of sp³-hybridized carbons (Fsp3) is 0.333. The number of rotatable bonds is 6. The highest BCUT2D eigenvalue weighted by Crippen LogP contribution is 2.34. The van der Waals surface area contributed by atoms with Crippen LogP contribution in [0.15, 0.2) is 34.7 Å². The van der Waals surface area contributed by atoms with Crippen molar-refractivity contribution in [3.05, 3.63) is 36.1 Å². The second-order valence-corrected chi connectivity index (χ2v) is 4.63. The molecule has 0 aliphatic rings. The second kappa shape index (κ2) is 6.45. The Labute approximate surface area is 118 Å². The quantitative estimate of drug-likeness (QED) is 0.698. The maximum absolute atomic E-state index is 9.15. The Kier molecular flexibility index (Phi) is 4.65. The fourth-order valence-electron chi connectivity index (χ4n) is 2.16. The summed E-state index contributed by atoms with van der Waals surface area (Å²) in [6.45, 7) is 2.70. The predicted octanol–water partition coefficient (Wildman–Crippen LogP) is 1.63. The fourth-order valence-corrected chi connectivity index (χ4v) is 2.16. The minimum Gasteiger partial charge on any atom is -0.445 e. The number of anilines is 2. The summed E-state index contributed by atoms with van der Waals surface area (Å²) in [7, 11) is 0. The molecular formula is C15H20N2O3. The summed E-state index contributed by atoms with van der Waals surface area (Å²) in [5, 5.41) is 18.3. The minimum atomic E-state index is 0.000918. The van der Waals surface area contributed by atoms with Crippen molar-refractivity contribution in [2.75, 3.05) is 36.9 Å². The van der Waals surface area contributed by atoms with E-state index in [1.54, 1.807) is 0 Å². The SMILES string of the molecule is Cc1cc(-c2ccc(N)cc2)c(N(CCO)CCO)o1. The van der Waals surface area contributed by atoms with Gasteiger partial charge in [-0.15, -0.1) is 0 Å². The minimum absolute atomic E-state index is 0.000918. The molecule has 20 heavy (non-hydrogen) atoms. The third-order valence-corrected chi connectivity index (χ3v) is 3.08. The van der Waals surface area contributed by atoms with E-state index in [1.165, 1.54) is 0 Å². The molecular weight excluding hydrogens is 256 g/mol. The smallest absolute Gasteiger partial charge is 0.203 e. The summed E-state index contributed by atoms with van der Waals surface area (Å²) in [5.74, 6) is 1.45. The Hall–Kier alpha value is -1.98. The summed E-state index contributed by atoms with van der Waals surface area (Å²) in [6, 6.07) is 9.48. The number of furan rings is 1. The van der Waals surface area contributed by atoms with Crippen molar-refractivity contribution in [1.82, 2.24) is 0 Å². The molecule has 0 radical (unpaired) electrons. The van der Waals surface area contributed by atoms with Crippen LogP contribution < -0.4 is 10.6 Å². The Bertz CT molecular complexity index is 543. The molecule has 1 heterocycles. The van der Waals surface area contributed by atoms with E-state index in [9.17, 15) is 0 Å². The number of aryl methyl sites for hydroxylation is 1. The van der Waals surface area contributed by atoms with E-state index in [4.69, 9.17) is 20.4 Å². The maximum atomic E-state index is 9.15. The molecule has 2 aromatic rings. The molecule has 0 aliphatic heterocycles. The van der Waals surface area contributed by atoms with Crippen LogP contribution in [0.25, 0.3) is 11.1 Å². The van der Waals surface area contributed by atoms with Gasteiger partial charge in [0.15, 0.2) is 0 Å². The highest BCUT2D eigenvalue weighted by Gasteiger charge is 2.17. The zero-order valence-electron chi connectivity index (χ0n) is 11.5. The van der Waals surface area contributed by atoms with Gasteiger partial charge >= 0.3 is 0 Å². The van der Waals surface area contributed by atoms with Gasteiger partial charge in [0.05, 0.1) is 13.2 Å². The van der Waals surface area contributed by atoms with Crippen LogP contribution in [-0.2, 0) is 0 Å². The third kappa shape index (κ3) is 3.12. The summed E-state index contributed by atoms with van der Waals surface area (Å²) in [4.78, 5) is 1.83. The van der Waals surface area contributed by atoms with E-state index in [0.29, 0.717) is 24.7 Å². The molecule has 0 saturated heterocycles. The van der Waals surface area contributed by atoms with Crippen LogP contribution in [0.2, 0.25) is 0 Å². The number of nitrogen functional groups attached to an aromatic ring is 1. The van der Waals surface area contributed by atoms with Gasteiger partial charge < -0.3 is 25.3 Å². The topological polar surface area (TPSA) is 82.9 Å². The molecule has 0 unspecified atom stereocenters. The third-order valence-electron chi connectivity index (χ3n) is 3.08. The molecule has 2 rings (SSSR count). The molecule has 0 bridgehead atoms. The lowest BCUT2D eigenvalue weighted by Gasteiger charge is -2.21. The number of nitrogens with zero attached hydrogens (tertiary/aromatic N) is 1. The van der Waals surface area contributed by atoms with Crippen molar-refractivity contribution in [2.45, 2.75) is 6.92 Å². The molecule has 1 aromatic carbocycles. The molecule has 0 spiro atoms. The Balaban J connectivity index is 2.40. The molecule has 0 amide bonds. The Morgan fingerprint density at radius 1 is 1.10 bits per heavy atom. The number of hydrogen-bond acceptors (Lipinski definition) is 5. The van der Waals surface area contributed by atoms with Gasteiger partial charge in [-0.05, 0) is 30.7 Å². The van der Waals surface area contributed by atoms with Gasteiger partial charge in [-0.3, -0.25) is 0 Å². The van der Waals surface area contributed by atoms with Crippen LogP contribution in [0.3, 0.4) is 0 Å². The van der Waals surface area contributed by atoms with Gasteiger partial charge in [0.25, 0.3) is 0 Å². The highest BCUT2D eigenvalue weighted by molar-refractivity contribution is 5.76. The lowest BCUT2D eigenvalue weighted by molar-refractivity contribution is 0.277. The van der Waals surface area contributed by atoms with Gasteiger partial charge in [-0.25, -0.2) is 0 Å². The standard InChI is InChI=1S/C15H20N2O3/c1-11-10-14(12-2-4-13(16)5-3-12)15(20-11)17(6-8-18)7-9-19/h2-5,10,18-19H,6-9,16H2,1H3. The zero-order valence-corrected chi connectivity index (χ0v) is 11.5. The van der Waals surface area contributed by atoms with Crippen molar-refractivity contribution < 1.29 is 14.6 Å². The van der Waals surface area contributed by atoms with E-state index in [0.717, 1.165) is 16.9 Å². The molecule has 108 valence electrons. The normalized spacial score (nSPS) is 10.8. The zero-order chi connectivity index (χ0) is 14.5. The highest BCUT2D eigenvalue weighted by atomic mass is 16.4. The summed E-state index contributed by atoms with van der Waals surface area (Å²) in [6.07, 6.45) is 0. The number of aliphatic hydroxyl groups excluding tert-OH is 2. The summed E-state index contributed by atoms with van der Waals surface area (Å²) >= 11 is 0. The summed E-state index contributed by atoms with van der Waals surface area (Å²) < 4.78 is 5.74. The molecule has 5 heteroatoms. The van der Waals surface area contributed by atoms with Crippen LogP contribution in [-0.4, -0.2) is 36.5 Å². The van der Waals surface area contributed by atoms with Crippen molar-refractivity contribution in [2.24, 2.45) is 0 Å². The molecule has 0 atom stereocenters. The first-order valence-electron chi connectivity index (χ1n) is 6.58. The van der Waals surface area contributed by atoms with Gasteiger partial charge in [0.1, 0.15) is 5.76 Å². The van der Waals surface area contributed by atoms with Crippen LogP contribution in [0.1, 0.15) is 5.76 Å². The number of hydrogen-bond donors (Lipinski definition) is 3. The molecule has 1 aromatic heterocycles. The summed E-state index contributed by atoms with van der Waals surface area (Å²) in [5.41, 5.74) is 8.34. The Morgan fingerprint density at radius 2 is 1.70 bits per heavy atom. The van der Waals surface area contributed by atoms with Gasteiger partial charge in [0, 0.05) is 24.3 Å². The van der Waals surface area contributed by atoms with E-state index in [1.807, 2.05) is 42.2 Å². The van der Waals surface area contributed by atoms with Crippen molar-refractivity contribution in [3.63, 3.8) is 0 Å². The molecule has 0 aliphatic carbocycles. The van der Waals surface area contributed by atoms with Crippen LogP contribution >= 0.6 is 0 Å². The largest absolute Gasteiger partial charge is 0.445 e. The second-order valence-electron chi connectivity index (χ2n) is 4.63. The van der Waals surface area contributed by atoms with Gasteiger partial charge in [-0.2, -0.15) is 0 Å². The molecule has 0 saturated carbocycles. The van der Waals surface area contributed by atoms with Crippen LogP contribution in [0, 0.1) is 6.92 Å². The monoisotopic (exact) mass is 276 g/mol. The van der Waals surface area contributed by atoms with Gasteiger partial charge in [-0.1, -0.05) is 12.1 Å². The average molecular weight is 276 g/mol. The number of aliphatic hydroxyl groups is 2. The van der Waals surface area contributed by atoms with Crippen molar-refractivity contribution in [3.8, 4) is 11.1 Å². The average Bonchev–Trinajstić information content (AvgIpc) is 2.81.